The number of ether oxygens (including phenoxy) is 1. The van der Waals surface area contributed by atoms with Crippen molar-refractivity contribution in [3.8, 4) is 6.01 Å². The Morgan fingerprint density at radius 2 is 2.11 bits per heavy atom. The molecule has 100 valence electrons. The van der Waals surface area contributed by atoms with Gasteiger partial charge in [-0.25, -0.2) is 0 Å². The zero-order valence-electron chi connectivity index (χ0n) is 11.0. The quantitative estimate of drug-likeness (QED) is 0.861. The van der Waals surface area contributed by atoms with Crippen molar-refractivity contribution in [2.75, 3.05) is 18.5 Å². The predicted molar refractivity (Wildman–Crippen MR) is 71.0 cm³/mol. The largest absolute Gasteiger partial charge is 0.463 e. The number of hydrogen-bond donors (Lipinski definition) is 1. The summed E-state index contributed by atoms with van der Waals surface area (Å²) >= 11 is 5.83. The molecule has 2 rings (SSSR count). The lowest BCUT2D eigenvalue weighted by atomic mass is 10.1. The summed E-state index contributed by atoms with van der Waals surface area (Å²) in [4.78, 5) is 12.1. The molecule has 6 heteroatoms. The van der Waals surface area contributed by atoms with Gasteiger partial charge >= 0.3 is 6.01 Å². The Morgan fingerprint density at radius 1 is 1.39 bits per heavy atom. The molecule has 0 bridgehead atoms. The minimum atomic E-state index is 0.161. The van der Waals surface area contributed by atoms with Crippen LogP contribution >= 0.6 is 11.6 Å². The third-order valence-corrected chi connectivity index (χ3v) is 3.42. The number of nitrogens with one attached hydrogen (secondary N) is 1. The molecule has 0 radical (unpaired) electrons. The first-order valence-corrected chi connectivity index (χ1v) is 6.67. The monoisotopic (exact) mass is 270 g/mol. The van der Waals surface area contributed by atoms with Crippen LogP contribution in [0.2, 0.25) is 5.28 Å². The first-order chi connectivity index (χ1) is 8.51. The molecule has 1 atom stereocenters. The van der Waals surface area contributed by atoms with E-state index < -0.39 is 0 Å². The molecule has 0 saturated heterocycles. The molecule has 0 aromatic carbocycles. The Balaban J connectivity index is 1.93. The maximum Gasteiger partial charge on any atom is 0.322 e. The first-order valence-electron chi connectivity index (χ1n) is 6.29. The van der Waals surface area contributed by atoms with Gasteiger partial charge in [0.05, 0.1) is 6.61 Å². The van der Waals surface area contributed by atoms with Crippen LogP contribution in [0.1, 0.15) is 33.6 Å². The summed E-state index contributed by atoms with van der Waals surface area (Å²) in [7, 11) is 0. The van der Waals surface area contributed by atoms with Gasteiger partial charge in [-0.1, -0.05) is 20.8 Å². The van der Waals surface area contributed by atoms with E-state index in [1.807, 2.05) is 6.92 Å². The molecule has 18 heavy (non-hydrogen) atoms. The smallest absolute Gasteiger partial charge is 0.322 e. The van der Waals surface area contributed by atoms with E-state index in [1.54, 1.807) is 0 Å². The third kappa shape index (κ3) is 3.45. The maximum absolute atomic E-state index is 5.83. The molecule has 5 nitrogen and oxygen atoms in total. The average molecular weight is 271 g/mol. The maximum atomic E-state index is 5.83. The highest BCUT2D eigenvalue weighted by Gasteiger charge is 2.45. The van der Waals surface area contributed by atoms with E-state index in [0.29, 0.717) is 23.9 Å². The average Bonchev–Trinajstić information content (AvgIpc) is 2.91. The Bertz CT molecular complexity index is 425. The van der Waals surface area contributed by atoms with Crippen LogP contribution in [0.5, 0.6) is 6.01 Å². The fourth-order valence-electron chi connectivity index (χ4n) is 1.81. The Hall–Kier alpha value is -1.10. The molecule has 1 aromatic heterocycles. The van der Waals surface area contributed by atoms with Gasteiger partial charge in [-0.15, -0.1) is 0 Å². The minimum absolute atomic E-state index is 0.161. The summed E-state index contributed by atoms with van der Waals surface area (Å²) in [6.07, 6.45) is 2.14. The van der Waals surface area contributed by atoms with Crippen LogP contribution in [0, 0.1) is 11.3 Å². The minimum Gasteiger partial charge on any atom is -0.463 e. The van der Waals surface area contributed by atoms with Crippen LogP contribution in [0.3, 0.4) is 0 Å². The highest BCUT2D eigenvalue weighted by molar-refractivity contribution is 6.28. The van der Waals surface area contributed by atoms with Gasteiger partial charge in [0.1, 0.15) is 0 Å². The van der Waals surface area contributed by atoms with E-state index >= 15 is 0 Å². The zero-order valence-corrected chi connectivity index (χ0v) is 11.8. The van der Waals surface area contributed by atoms with Gasteiger partial charge in [0.2, 0.25) is 11.2 Å². The predicted octanol–water partition coefficient (Wildman–Crippen LogP) is 2.77. The molecule has 0 amide bonds. The van der Waals surface area contributed by atoms with Gasteiger partial charge in [0.25, 0.3) is 0 Å². The molecule has 1 aromatic rings. The number of anilines is 1. The van der Waals surface area contributed by atoms with E-state index in [9.17, 15) is 0 Å². The molecular formula is C12H19ClN4O. The van der Waals surface area contributed by atoms with Crippen molar-refractivity contribution in [1.82, 2.24) is 15.0 Å². The summed E-state index contributed by atoms with van der Waals surface area (Å²) in [5.74, 6) is 1.16. The summed E-state index contributed by atoms with van der Waals surface area (Å²) in [5, 5.41) is 3.35. The number of aromatic nitrogens is 3. The van der Waals surface area contributed by atoms with Gasteiger partial charge in [0.15, 0.2) is 0 Å². The molecule has 1 heterocycles. The molecule has 0 spiro atoms. The molecule has 1 fully saturated rings. The van der Waals surface area contributed by atoms with Crippen molar-refractivity contribution in [2.45, 2.75) is 33.6 Å². The highest BCUT2D eigenvalue weighted by atomic mass is 35.5. The summed E-state index contributed by atoms with van der Waals surface area (Å²) in [6, 6.07) is 0.286. The van der Waals surface area contributed by atoms with Crippen LogP contribution in [0.4, 0.5) is 5.95 Å². The molecule has 1 aliphatic rings. The van der Waals surface area contributed by atoms with Crippen molar-refractivity contribution >= 4 is 17.5 Å². The SMILES string of the molecule is CCCOc1nc(Cl)nc(NCC2CC2(C)C)n1. The Kier molecular flexibility index (Phi) is 3.90. The molecule has 1 N–H and O–H groups in total. The van der Waals surface area contributed by atoms with Crippen molar-refractivity contribution in [3.05, 3.63) is 5.28 Å². The number of hydrogen-bond acceptors (Lipinski definition) is 5. The molecule has 0 aliphatic heterocycles. The van der Waals surface area contributed by atoms with E-state index in [4.69, 9.17) is 16.3 Å². The summed E-state index contributed by atoms with van der Waals surface area (Å²) in [6.45, 7) is 7.98. The van der Waals surface area contributed by atoms with E-state index in [2.05, 4.69) is 34.1 Å². The van der Waals surface area contributed by atoms with E-state index in [-0.39, 0.29) is 11.3 Å². The van der Waals surface area contributed by atoms with E-state index in [1.165, 1.54) is 6.42 Å². The van der Waals surface area contributed by atoms with Gasteiger partial charge < -0.3 is 10.1 Å². The van der Waals surface area contributed by atoms with Crippen molar-refractivity contribution < 1.29 is 4.74 Å². The molecular weight excluding hydrogens is 252 g/mol. The Labute approximate surface area is 112 Å². The van der Waals surface area contributed by atoms with Crippen molar-refractivity contribution in [2.24, 2.45) is 11.3 Å². The van der Waals surface area contributed by atoms with Crippen molar-refractivity contribution in [3.63, 3.8) is 0 Å². The zero-order chi connectivity index (χ0) is 13.2. The van der Waals surface area contributed by atoms with Gasteiger partial charge in [-0.2, -0.15) is 15.0 Å². The fraction of sp³-hybridized carbons (Fsp3) is 0.750. The van der Waals surface area contributed by atoms with Gasteiger partial charge in [-0.3, -0.25) is 0 Å². The van der Waals surface area contributed by atoms with Crippen LogP contribution in [0.25, 0.3) is 0 Å². The Morgan fingerprint density at radius 3 is 2.72 bits per heavy atom. The number of rotatable bonds is 6. The third-order valence-electron chi connectivity index (χ3n) is 3.25. The molecule has 1 aliphatic carbocycles. The summed E-state index contributed by atoms with van der Waals surface area (Å²) in [5.41, 5.74) is 0.436. The van der Waals surface area contributed by atoms with Crippen LogP contribution in [-0.4, -0.2) is 28.1 Å². The van der Waals surface area contributed by atoms with Crippen LogP contribution in [0.15, 0.2) is 0 Å². The van der Waals surface area contributed by atoms with Gasteiger partial charge in [-0.05, 0) is 35.8 Å². The standard InChI is InChI=1S/C12H19ClN4O/c1-4-5-18-11-16-9(13)15-10(17-11)14-7-8-6-12(8,2)3/h8H,4-7H2,1-3H3,(H,14,15,16,17). The topological polar surface area (TPSA) is 59.9 Å². The lowest BCUT2D eigenvalue weighted by Gasteiger charge is -2.08. The second-order valence-corrected chi connectivity index (χ2v) is 5.67. The van der Waals surface area contributed by atoms with Crippen LogP contribution < -0.4 is 10.1 Å². The van der Waals surface area contributed by atoms with Gasteiger partial charge in [0, 0.05) is 6.54 Å². The second kappa shape index (κ2) is 5.26. The number of halogens is 1. The normalized spacial score (nSPS) is 20.6. The molecule has 1 unspecified atom stereocenters. The molecule has 1 saturated carbocycles. The second-order valence-electron chi connectivity index (χ2n) is 5.33. The lowest BCUT2D eigenvalue weighted by molar-refractivity contribution is 0.291. The number of nitrogens with zero attached hydrogens (tertiary/aromatic N) is 3. The highest BCUT2D eigenvalue weighted by Crippen LogP contribution is 2.51. The fourth-order valence-corrected chi connectivity index (χ4v) is 1.96. The van der Waals surface area contributed by atoms with Crippen molar-refractivity contribution in [1.29, 1.82) is 0 Å². The summed E-state index contributed by atoms with van der Waals surface area (Å²) < 4.78 is 5.35. The lowest BCUT2D eigenvalue weighted by Crippen LogP contribution is -2.11. The van der Waals surface area contributed by atoms with E-state index in [0.717, 1.165) is 13.0 Å². The van der Waals surface area contributed by atoms with Crippen LogP contribution in [-0.2, 0) is 0 Å². The first kappa shape index (κ1) is 13.3.